The Morgan fingerprint density at radius 1 is 1.56 bits per heavy atom. The number of carbonyl (C=O) groups is 2. The number of urea groups is 1. The van der Waals surface area contributed by atoms with E-state index in [4.69, 9.17) is 5.73 Å². The van der Waals surface area contributed by atoms with Crippen molar-refractivity contribution < 1.29 is 9.59 Å². The Labute approximate surface area is 92.0 Å². The zero-order valence-electron chi connectivity index (χ0n) is 9.07. The van der Waals surface area contributed by atoms with E-state index in [9.17, 15) is 9.59 Å². The Balaban J connectivity index is 2.59. The van der Waals surface area contributed by atoms with E-state index in [2.05, 4.69) is 15.6 Å². The van der Waals surface area contributed by atoms with Crippen molar-refractivity contribution >= 4 is 11.9 Å². The van der Waals surface area contributed by atoms with Gasteiger partial charge < -0.3 is 15.6 Å². The van der Waals surface area contributed by atoms with Crippen LogP contribution in [0.1, 0.15) is 11.4 Å². The van der Waals surface area contributed by atoms with Gasteiger partial charge in [0.05, 0.1) is 17.7 Å². The highest BCUT2D eigenvalue weighted by Crippen LogP contribution is 2.25. The van der Waals surface area contributed by atoms with Gasteiger partial charge in [0, 0.05) is 13.6 Å². The summed E-state index contributed by atoms with van der Waals surface area (Å²) in [5.74, 6) is -0.438. The van der Waals surface area contributed by atoms with Crippen LogP contribution in [0.2, 0.25) is 0 Å². The first kappa shape index (κ1) is 10.6. The van der Waals surface area contributed by atoms with Crippen LogP contribution in [0, 0.1) is 6.92 Å². The number of imide groups is 1. The van der Waals surface area contributed by atoms with Gasteiger partial charge >= 0.3 is 6.03 Å². The lowest BCUT2D eigenvalue weighted by atomic mass is 9.94. The molecule has 1 aliphatic heterocycles. The standard InChI is InChI=1S/C9H13N5O2/c1-5-6(14(2)4-11-5)9(3-10)7(15)12-8(16)13-9/h4H,3,10H2,1-2H3,(H2,12,13,15,16). The molecule has 1 aromatic heterocycles. The molecule has 3 amide bonds. The first-order valence-corrected chi connectivity index (χ1v) is 4.83. The molecule has 86 valence electrons. The summed E-state index contributed by atoms with van der Waals surface area (Å²) in [6, 6.07) is -0.531. The second-order valence-electron chi connectivity index (χ2n) is 3.81. The number of hydrogen-bond donors (Lipinski definition) is 3. The number of nitrogens with zero attached hydrogens (tertiary/aromatic N) is 2. The summed E-state index contributed by atoms with van der Waals surface area (Å²) in [5, 5.41) is 4.76. The fourth-order valence-electron chi connectivity index (χ4n) is 2.06. The lowest BCUT2D eigenvalue weighted by Crippen LogP contribution is -2.51. The summed E-state index contributed by atoms with van der Waals surface area (Å²) < 4.78 is 1.69. The molecule has 0 aliphatic carbocycles. The van der Waals surface area contributed by atoms with Crippen LogP contribution in [0.5, 0.6) is 0 Å². The average molecular weight is 223 g/mol. The van der Waals surface area contributed by atoms with Crippen LogP contribution in [0.15, 0.2) is 6.33 Å². The minimum absolute atomic E-state index is 0.00898. The summed E-state index contributed by atoms with van der Waals surface area (Å²) in [7, 11) is 1.75. The maximum absolute atomic E-state index is 11.8. The Morgan fingerprint density at radius 3 is 2.62 bits per heavy atom. The molecular weight excluding hydrogens is 210 g/mol. The van der Waals surface area contributed by atoms with E-state index in [1.807, 2.05) is 0 Å². The Kier molecular flexibility index (Phi) is 2.20. The topological polar surface area (TPSA) is 102 Å². The summed E-state index contributed by atoms with van der Waals surface area (Å²) >= 11 is 0. The van der Waals surface area contributed by atoms with Crippen molar-refractivity contribution in [2.24, 2.45) is 12.8 Å². The third-order valence-corrected chi connectivity index (χ3v) is 2.77. The Bertz CT molecular complexity index is 447. The zero-order valence-corrected chi connectivity index (χ0v) is 9.07. The van der Waals surface area contributed by atoms with Crippen LogP contribution in [0.3, 0.4) is 0 Å². The van der Waals surface area contributed by atoms with E-state index >= 15 is 0 Å². The number of imidazole rings is 1. The van der Waals surface area contributed by atoms with Crippen molar-refractivity contribution in [2.75, 3.05) is 6.54 Å². The van der Waals surface area contributed by atoms with E-state index in [0.29, 0.717) is 11.4 Å². The second kappa shape index (κ2) is 3.31. The molecule has 1 aliphatic rings. The lowest BCUT2D eigenvalue weighted by molar-refractivity contribution is -0.124. The van der Waals surface area contributed by atoms with Crippen LogP contribution in [0.25, 0.3) is 0 Å². The van der Waals surface area contributed by atoms with Crippen LogP contribution < -0.4 is 16.4 Å². The van der Waals surface area contributed by atoms with Gasteiger partial charge in [-0.05, 0) is 6.92 Å². The van der Waals surface area contributed by atoms with Crippen LogP contribution in [0.4, 0.5) is 4.79 Å². The van der Waals surface area contributed by atoms with Gasteiger partial charge in [-0.15, -0.1) is 0 Å². The van der Waals surface area contributed by atoms with Crippen molar-refractivity contribution in [3.8, 4) is 0 Å². The average Bonchev–Trinajstić information content (AvgIpc) is 2.69. The first-order valence-electron chi connectivity index (χ1n) is 4.83. The van der Waals surface area contributed by atoms with Gasteiger partial charge in [-0.25, -0.2) is 9.78 Å². The summed E-state index contributed by atoms with van der Waals surface area (Å²) in [5.41, 5.74) is 5.71. The second-order valence-corrected chi connectivity index (χ2v) is 3.81. The molecule has 7 nitrogen and oxygen atoms in total. The maximum atomic E-state index is 11.8. The Hall–Kier alpha value is -1.89. The van der Waals surface area contributed by atoms with Crippen molar-refractivity contribution in [2.45, 2.75) is 12.5 Å². The summed E-state index contributed by atoms with van der Waals surface area (Å²) in [4.78, 5) is 27.1. The molecule has 1 unspecified atom stereocenters. The molecule has 1 aromatic rings. The molecule has 1 saturated heterocycles. The van der Waals surface area contributed by atoms with Crippen LogP contribution in [-0.2, 0) is 17.4 Å². The third kappa shape index (κ3) is 1.21. The normalized spacial score (nSPS) is 24.4. The molecule has 1 atom stereocenters. The SMILES string of the molecule is Cc1ncn(C)c1C1(CN)NC(=O)NC1=O. The molecule has 16 heavy (non-hydrogen) atoms. The van der Waals surface area contributed by atoms with Gasteiger partial charge in [-0.3, -0.25) is 10.1 Å². The van der Waals surface area contributed by atoms with Crippen LogP contribution in [-0.4, -0.2) is 28.0 Å². The molecule has 0 aromatic carbocycles. The predicted octanol–water partition coefficient (Wildman–Crippen LogP) is -1.28. The summed E-state index contributed by atoms with van der Waals surface area (Å²) in [6.07, 6.45) is 1.58. The van der Waals surface area contributed by atoms with E-state index in [1.54, 1.807) is 24.9 Å². The number of nitrogens with two attached hydrogens (primary N) is 1. The van der Waals surface area contributed by atoms with Gasteiger partial charge in [0.1, 0.15) is 0 Å². The minimum Gasteiger partial charge on any atom is -0.335 e. The number of amides is 3. The van der Waals surface area contributed by atoms with Gasteiger partial charge in [-0.2, -0.15) is 0 Å². The molecule has 0 spiro atoms. The van der Waals surface area contributed by atoms with E-state index in [0.717, 1.165) is 0 Å². The lowest BCUT2D eigenvalue weighted by Gasteiger charge is -2.25. The van der Waals surface area contributed by atoms with Crippen molar-refractivity contribution in [3.05, 3.63) is 17.7 Å². The largest absolute Gasteiger partial charge is 0.335 e. The molecule has 4 N–H and O–H groups in total. The highest BCUT2D eigenvalue weighted by atomic mass is 16.2. The zero-order chi connectivity index (χ0) is 11.9. The van der Waals surface area contributed by atoms with Gasteiger partial charge in [0.25, 0.3) is 5.91 Å². The molecule has 1 fully saturated rings. The van der Waals surface area contributed by atoms with Crippen molar-refractivity contribution in [1.82, 2.24) is 20.2 Å². The van der Waals surface area contributed by atoms with Crippen LogP contribution >= 0.6 is 0 Å². The van der Waals surface area contributed by atoms with Gasteiger partial charge in [0.15, 0.2) is 5.54 Å². The maximum Gasteiger partial charge on any atom is 0.322 e. The fraction of sp³-hybridized carbons (Fsp3) is 0.444. The number of rotatable bonds is 2. The molecule has 7 heteroatoms. The summed E-state index contributed by atoms with van der Waals surface area (Å²) in [6.45, 7) is 1.76. The van der Waals surface area contributed by atoms with E-state index in [-0.39, 0.29) is 6.54 Å². The van der Waals surface area contributed by atoms with Crippen molar-refractivity contribution in [3.63, 3.8) is 0 Å². The Morgan fingerprint density at radius 2 is 2.25 bits per heavy atom. The van der Waals surface area contributed by atoms with Gasteiger partial charge in [-0.1, -0.05) is 0 Å². The van der Waals surface area contributed by atoms with E-state index < -0.39 is 17.5 Å². The molecular formula is C9H13N5O2. The number of aryl methyl sites for hydroxylation is 2. The molecule has 0 saturated carbocycles. The molecule has 0 bridgehead atoms. The monoisotopic (exact) mass is 223 g/mol. The first-order chi connectivity index (χ1) is 7.51. The smallest absolute Gasteiger partial charge is 0.322 e. The third-order valence-electron chi connectivity index (χ3n) is 2.77. The quantitative estimate of drug-likeness (QED) is 0.543. The fourth-order valence-corrected chi connectivity index (χ4v) is 2.06. The highest BCUT2D eigenvalue weighted by molar-refractivity contribution is 6.07. The molecule has 2 heterocycles. The number of hydrogen-bond acceptors (Lipinski definition) is 4. The van der Waals surface area contributed by atoms with Gasteiger partial charge in [0.2, 0.25) is 0 Å². The number of nitrogens with one attached hydrogen (secondary N) is 2. The highest BCUT2D eigenvalue weighted by Gasteiger charge is 2.49. The number of aromatic nitrogens is 2. The van der Waals surface area contributed by atoms with E-state index in [1.165, 1.54) is 0 Å². The minimum atomic E-state index is -1.20. The number of carbonyl (C=O) groups excluding carboxylic acids is 2. The molecule has 0 radical (unpaired) electrons. The predicted molar refractivity (Wildman–Crippen MR) is 55.4 cm³/mol. The van der Waals surface area contributed by atoms with Crippen molar-refractivity contribution in [1.29, 1.82) is 0 Å². The molecule has 2 rings (SSSR count).